The van der Waals surface area contributed by atoms with Crippen molar-refractivity contribution in [2.75, 3.05) is 7.11 Å². The molecular formula is C6H10O2. The number of hydrogen-bond donors (Lipinski definition) is 0. The van der Waals surface area contributed by atoms with E-state index in [1.54, 1.807) is 6.08 Å². The average Bonchev–Trinajstić information content (AvgIpc) is 1.83. The number of ether oxygens (including phenoxy) is 1. The number of esters is 1. The second-order valence-corrected chi connectivity index (χ2v) is 1.35. The zero-order valence-corrected chi connectivity index (χ0v) is 5.18. The molecule has 2 nitrogen and oxygen atoms in total. The van der Waals surface area contributed by atoms with Crippen LogP contribution >= 0.6 is 0 Å². The molecule has 0 unspecified atom stereocenters. The summed E-state index contributed by atoms with van der Waals surface area (Å²) in [7, 11) is 1.38. The highest BCUT2D eigenvalue weighted by Gasteiger charge is 1.91. The maximum atomic E-state index is 10.3. The van der Waals surface area contributed by atoms with E-state index in [2.05, 4.69) is 4.74 Å². The van der Waals surface area contributed by atoms with Gasteiger partial charge < -0.3 is 4.74 Å². The molecule has 0 aromatic rings. The van der Waals surface area contributed by atoms with E-state index >= 15 is 0 Å². The second kappa shape index (κ2) is 4.37. The molecule has 0 bridgehead atoms. The Bertz CT molecular complexity index is 94.7. The van der Waals surface area contributed by atoms with Crippen molar-refractivity contribution in [3.63, 3.8) is 0 Å². The Balaban J connectivity index is 3.25. The van der Waals surface area contributed by atoms with Gasteiger partial charge in [0.15, 0.2) is 0 Å². The Morgan fingerprint density at radius 2 is 2.38 bits per heavy atom. The van der Waals surface area contributed by atoms with Gasteiger partial charge in [0.2, 0.25) is 0 Å². The first-order valence-electron chi connectivity index (χ1n) is 2.49. The van der Waals surface area contributed by atoms with E-state index < -0.39 is 0 Å². The highest BCUT2D eigenvalue weighted by Crippen LogP contribution is 1.84. The molecule has 0 aliphatic carbocycles. The van der Waals surface area contributed by atoms with Crippen LogP contribution in [0.4, 0.5) is 0 Å². The summed E-state index contributed by atoms with van der Waals surface area (Å²) in [4.78, 5) is 10.3. The largest absolute Gasteiger partial charge is 0.469 e. The minimum Gasteiger partial charge on any atom is -0.469 e. The fourth-order valence-electron chi connectivity index (χ4n) is 0.297. The molecule has 0 amide bonds. The first-order chi connectivity index (χ1) is 3.81. The van der Waals surface area contributed by atoms with Crippen LogP contribution in [-0.2, 0) is 9.53 Å². The Hall–Kier alpha value is -0.790. The van der Waals surface area contributed by atoms with Crippen molar-refractivity contribution in [1.82, 2.24) is 0 Å². The van der Waals surface area contributed by atoms with Crippen LogP contribution in [0.1, 0.15) is 13.3 Å². The third-order valence-electron chi connectivity index (χ3n) is 0.748. The summed E-state index contributed by atoms with van der Waals surface area (Å²) in [6, 6.07) is 0. The fourth-order valence-corrected chi connectivity index (χ4v) is 0.297. The normalized spacial score (nSPS) is 9.75. The van der Waals surface area contributed by atoms with Gasteiger partial charge in [-0.1, -0.05) is 12.2 Å². The molecule has 0 saturated heterocycles. The predicted molar refractivity (Wildman–Crippen MR) is 31.4 cm³/mol. The van der Waals surface area contributed by atoms with Gasteiger partial charge in [0, 0.05) is 0 Å². The average molecular weight is 114 g/mol. The Kier molecular flexibility index (Phi) is 3.94. The van der Waals surface area contributed by atoms with Gasteiger partial charge in [-0.2, -0.15) is 0 Å². The Labute approximate surface area is 49.1 Å². The van der Waals surface area contributed by atoms with Gasteiger partial charge in [-0.25, -0.2) is 0 Å². The van der Waals surface area contributed by atoms with Crippen LogP contribution in [0.5, 0.6) is 0 Å². The van der Waals surface area contributed by atoms with E-state index in [4.69, 9.17) is 0 Å². The van der Waals surface area contributed by atoms with E-state index in [-0.39, 0.29) is 5.97 Å². The monoisotopic (exact) mass is 114 g/mol. The highest BCUT2D eigenvalue weighted by molar-refractivity contribution is 5.70. The maximum Gasteiger partial charge on any atom is 0.309 e. The van der Waals surface area contributed by atoms with E-state index in [0.717, 1.165) is 0 Å². The molecule has 0 saturated carbocycles. The molecule has 0 heterocycles. The lowest BCUT2D eigenvalue weighted by Crippen LogP contribution is -1.96. The SMILES string of the molecule is CC=CCC(=O)OC. The molecule has 0 radical (unpaired) electrons. The second-order valence-electron chi connectivity index (χ2n) is 1.35. The van der Waals surface area contributed by atoms with Crippen molar-refractivity contribution in [3.05, 3.63) is 12.2 Å². The van der Waals surface area contributed by atoms with Crippen LogP contribution in [0.2, 0.25) is 0 Å². The van der Waals surface area contributed by atoms with Crippen molar-refractivity contribution in [2.45, 2.75) is 13.3 Å². The first-order valence-corrected chi connectivity index (χ1v) is 2.49. The van der Waals surface area contributed by atoms with Crippen LogP contribution in [0.15, 0.2) is 12.2 Å². The minimum atomic E-state index is -0.192. The fraction of sp³-hybridized carbons (Fsp3) is 0.500. The van der Waals surface area contributed by atoms with Crippen LogP contribution in [0, 0.1) is 0 Å². The molecule has 0 aromatic heterocycles. The number of allylic oxidation sites excluding steroid dienone is 1. The topological polar surface area (TPSA) is 26.3 Å². The zero-order chi connectivity index (χ0) is 6.41. The van der Waals surface area contributed by atoms with Gasteiger partial charge in [0.05, 0.1) is 13.5 Å². The molecule has 0 aromatic carbocycles. The zero-order valence-electron chi connectivity index (χ0n) is 5.18. The van der Waals surface area contributed by atoms with Gasteiger partial charge in [-0.3, -0.25) is 4.79 Å². The summed E-state index contributed by atoms with van der Waals surface area (Å²) >= 11 is 0. The molecule has 0 rings (SSSR count). The van der Waals surface area contributed by atoms with Crippen LogP contribution in [-0.4, -0.2) is 13.1 Å². The van der Waals surface area contributed by atoms with Crippen LogP contribution in [0.3, 0.4) is 0 Å². The van der Waals surface area contributed by atoms with E-state index in [1.807, 2.05) is 13.0 Å². The Morgan fingerprint density at radius 3 is 2.75 bits per heavy atom. The molecule has 0 fully saturated rings. The highest BCUT2D eigenvalue weighted by atomic mass is 16.5. The lowest BCUT2D eigenvalue weighted by Gasteiger charge is -1.89. The standard InChI is InChI=1S/C6H10O2/c1-3-4-5-6(7)8-2/h3-4H,5H2,1-2H3. The third kappa shape index (κ3) is 3.40. The van der Waals surface area contributed by atoms with Gasteiger partial charge in [0.25, 0.3) is 0 Å². The lowest BCUT2D eigenvalue weighted by molar-refractivity contribution is -0.139. The summed E-state index contributed by atoms with van der Waals surface area (Å²) in [5.41, 5.74) is 0. The van der Waals surface area contributed by atoms with Crippen LogP contribution in [0.25, 0.3) is 0 Å². The summed E-state index contributed by atoms with van der Waals surface area (Å²) < 4.78 is 4.36. The number of methoxy groups -OCH3 is 1. The molecule has 0 aliphatic heterocycles. The van der Waals surface area contributed by atoms with Crippen molar-refractivity contribution < 1.29 is 9.53 Å². The Morgan fingerprint density at radius 1 is 1.75 bits per heavy atom. The summed E-state index contributed by atoms with van der Waals surface area (Å²) in [5, 5.41) is 0. The van der Waals surface area contributed by atoms with Crippen molar-refractivity contribution >= 4 is 5.97 Å². The molecule has 46 valence electrons. The van der Waals surface area contributed by atoms with Crippen molar-refractivity contribution in [3.8, 4) is 0 Å². The van der Waals surface area contributed by atoms with Crippen LogP contribution < -0.4 is 0 Å². The summed E-state index contributed by atoms with van der Waals surface area (Å²) in [5.74, 6) is -0.192. The molecular weight excluding hydrogens is 104 g/mol. The maximum absolute atomic E-state index is 10.3. The van der Waals surface area contributed by atoms with Crippen molar-refractivity contribution in [2.24, 2.45) is 0 Å². The number of rotatable bonds is 2. The third-order valence-corrected chi connectivity index (χ3v) is 0.748. The van der Waals surface area contributed by atoms with E-state index in [0.29, 0.717) is 6.42 Å². The first kappa shape index (κ1) is 7.21. The van der Waals surface area contributed by atoms with Gasteiger partial charge in [-0.15, -0.1) is 0 Å². The number of carbonyl (C=O) groups excluding carboxylic acids is 1. The summed E-state index contributed by atoms with van der Waals surface area (Å²) in [6.07, 6.45) is 3.95. The minimum absolute atomic E-state index is 0.192. The molecule has 0 atom stereocenters. The smallest absolute Gasteiger partial charge is 0.309 e. The molecule has 2 heteroatoms. The van der Waals surface area contributed by atoms with Gasteiger partial charge in [-0.05, 0) is 6.92 Å². The molecule has 8 heavy (non-hydrogen) atoms. The number of carbonyl (C=O) groups is 1. The summed E-state index contributed by atoms with van der Waals surface area (Å²) in [6.45, 7) is 1.86. The molecule has 0 aliphatic rings. The lowest BCUT2D eigenvalue weighted by atomic mass is 10.4. The predicted octanol–water partition coefficient (Wildman–Crippen LogP) is 1.13. The number of hydrogen-bond acceptors (Lipinski definition) is 2. The van der Waals surface area contributed by atoms with E-state index in [9.17, 15) is 4.79 Å². The van der Waals surface area contributed by atoms with Crippen molar-refractivity contribution in [1.29, 1.82) is 0 Å². The molecule has 0 spiro atoms. The van der Waals surface area contributed by atoms with E-state index in [1.165, 1.54) is 7.11 Å². The quantitative estimate of drug-likeness (QED) is 0.397. The molecule has 0 N–H and O–H groups in total. The van der Waals surface area contributed by atoms with Gasteiger partial charge >= 0.3 is 5.97 Å². The van der Waals surface area contributed by atoms with Gasteiger partial charge in [0.1, 0.15) is 0 Å².